The highest BCUT2D eigenvalue weighted by Crippen LogP contribution is 2.44. The summed E-state index contributed by atoms with van der Waals surface area (Å²) in [5, 5.41) is 32.4. The van der Waals surface area contributed by atoms with E-state index in [2.05, 4.69) is 11.9 Å². The fraction of sp³-hybridized carbons (Fsp3) is 0.129. The van der Waals surface area contributed by atoms with Crippen LogP contribution in [0.15, 0.2) is 87.6 Å². The van der Waals surface area contributed by atoms with Crippen molar-refractivity contribution >= 4 is 40.9 Å². The molecule has 5 rings (SSSR count). The minimum Gasteiger partial charge on any atom is -0.507 e. The van der Waals surface area contributed by atoms with Crippen LogP contribution in [0.1, 0.15) is 57.2 Å². The summed E-state index contributed by atoms with van der Waals surface area (Å²) in [5.74, 6) is -1.89. The summed E-state index contributed by atoms with van der Waals surface area (Å²) in [6, 6.07) is 19.6. The number of hydrogen-bond acceptors (Lipinski definition) is 9. The van der Waals surface area contributed by atoms with Crippen LogP contribution in [0.3, 0.4) is 0 Å². The summed E-state index contributed by atoms with van der Waals surface area (Å²) in [5.41, 5.74) is -0.444. The number of aromatic hydroxyl groups is 2. The van der Waals surface area contributed by atoms with Crippen molar-refractivity contribution < 1.29 is 29.5 Å². The molecule has 1 aliphatic carbocycles. The maximum Gasteiger partial charge on any atom is 0.281 e. The summed E-state index contributed by atoms with van der Waals surface area (Å²) in [6.07, 6.45) is 3.81. The van der Waals surface area contributed by atoms with Crippen LogP contribution in [0.5, 0.6) is 17.2 Å². The Hall–Kier alpha value is -4.96. The lowest BCUT2D eigenvalue weighted by atomic mass is 9.82. The number of carbonyl (C=O) groups excluding carboxylic acids is 2. The van der Waals surface area contributed by atoms with Gasteiger partial charge < -0.3 is 14.9 Å². The first-order valence-electron chi connectivity index (χ1n) is 12.8. The molecule has 0 heterocycles. The Morgan fingerprint density at radius 3 is 2.15 bits per heavy atom. The summed E-state index contributed by atoms with van der Waals surface area (Å²) in [6.45, 7) is 2.80. The number of ether oxygens (including phenoxy) is 1. The molecule has 41 heavy (non-hydrogen) atoms. The van der Waals surface area contributed by atoms with Gasteiger partial charge >= 0.3 is 0 Å². The summed E-state index contributed by atoms with van der Waals surface area (Å²) >= 11 is 1.18. The van der Waals surface area contributed by atoms with Gasteiger partial charge in [-0.2, -0.15) is 0 Å². The average Bonchev–Trinajstić information content (AvgIpc) is 2.97. The number of phenolic OH excluding ortho intramolecular Hbond substituents is 2. The lowest BCUT2D eigenvalue weighted by Crippen LogP contribution is -2.23. The van der Waals surface area contributed by atoms with Crippen molar-refractivity contribution in [2.45, 2.75) is 29.6 Å². The second-order valence-corrected chi connectivity index (χ2v) is 10.3. The molecule has 10 heteroatoms. The number of carbonyl (C=O) groups is 2. The Balaban J connectivity index is 1.38. The van der Waals surface area contributed by atoms with E-state index in [1.165, 1.54) is 23.9 Å². The molecule has 206 valence electrons. The van der Waals surface area contributed by atoms with Gasteiger partial charge in [-0.1, -0.05) is 25.1 Å². The van der Waals surface area contributed by atoms with E-state index in [4.69, 9.17) is 4.74 Å². The number of nitrogens with zero attached hydrogens (tertiary/aromatic N) is 2. The molecule has 0 aliphatic heterocycles. The van der Waals surface area contributed by atoms with Crippen LogP contribution in [0.25, 0.3) is 0 Å². The number of nitro groups is 1. The monoisotopic (exact) mass is 568 g/mol. The third-order valence-electron chi connectivity index (χ3n) is 6.49. The molecule has 0 saturated heterocycles. The maximum atomic E-state index is 13.5. The number of benzene rings is 4. The molecule has 1 aliphatic rings. The van der Waals surface area contributed by atoms with Crippen molar-refractivity contribution in [1.82, 2.24) is 0 Å². The fourth-order valence-corrected chi connectivity index (χ4v) is 5.38. The Morgan fingerprint density at radius 2 is 1.49 bits per heavy atom. The van der Waals surface area contributed by atoms with Crippen LogP contribution in [-0.2, 0) is 0 Å². The van der Waals surface area contributed by atoms with Crippen LogP contribution in [-0.4, -0.2) is 39.5 Å². The zero-order valence-electron chi connectivity index (χ0n) is 21.9. The maximum absolute atomic E-state index is 13.5. The fourth-order valence-electron chi connectivity index (χ4n) is 4.42. The third-order valence-corrected chi connectivity index (χ3v) is 7.55. The highest BCUT2D eigenvalue weighted by molar-refractivity contribution is 7.99. The minimum atomic E-state index is -0.901. The first-order valence-corrected chi connectivity index (χ1v) is 13.6. The molecular weight excluding hydrogens is 544 g/mol. The SMILES string of the molecule is CCCCOc1ccc(C=Nc2ccc(Sc3ccc(O)c4c3C(=O)c3c(O)ccc([N+](=O)[O-])c3C4=O)cc2)cc1. The van der Waals surface area contributed by atoms with Crippen molar-refractivity contribution in [2.75, 3.05) is 6.61 Å². The normalized spacial score (nSPS) is 12.3. The van der Waals surface area contributed by atoms with Gasteiger partial charge in [0.1, 0.15) is 22.8 Å². The van der Waals surface area contributed by atoms with E-state index in [0.29, 0.717) is 17.2 Å². The summed E-state index contributed by atoms with van der Waals surface area (Å²) in [4.78, 5) is 43.1. The highest BCUT2D eigenvalue weighted by Gasteiger charge is 2.40. The topological polar surface area (TPSA) is 139 Å². The number of unbranched alkanes of at least 4 members (excludes halogenated alkanes) is 1. The van der Waals surface area contributed by atoms with Gasteiger partial charge in [0, 0.05) is 22.1 Å². The Bertz CT molecular complexity index is 1700. The Morgan fingerprint density at radius 1 is 0.854 bits per heavy atom. The number of fused-ring (bicyclic) bond motifs is 2. The van der Waals surface area contributed by atoms with E-state index in [0.717, 1.165) is 41.2 Å². The lowest BCUT2D eigenvalue weighted by Gasteiger charge is -2.21. The van der Waals surface area contributed by atoms with Gasteiger partial charge in [0.2, 0.25) is 5.78 Å². The molecule has 4 aromatic rings. The number of rotatable bonds is 9. The van der Waals surface area contributed by atoms with Crippen molar-refractivity contribution in [2.24, 2.45) is 4.99 Å². The molecule has 0 spiro atoms. The quantitative estimate of drug-likeness (QED) is 0.0850. The van der Waals surface area contributed by atoms with E-state index in [1.807, 2.05) is 24.3 Å². The molecule has 0 unspecified atom stereocenters. The van der Waals surface area contributed by atoms with Crippen LogP contribution in [0.4, 0.5) is 11.4 Å². The number of aliphatic imine (C=N–C) groups is 1. The van der Waals surface area contributed by atoms with Gasteiger partial charge in [0.05, 0.1) is 33.9 Å². The second kappa shape index (κ2) is 11.6. The molecule has 0 aromatic heterocycles. The van der Waals surface area contributed by atoms with Gasteiger partial charge in [-0.3, -0.25) is 24.7 Å². The zero-order chi connectivity index (χ0) is 29.1. The molecule has 0 bridgehead atoms. The largest absolute Gasteiger partial charge is 0.507 e. The molecule has 0 radical (unpaired) electrons. The van der Waals surface area contributed by atoms with Crippen LogP contribution in [0.2, 0.25) is 0 Å². The Kier molecular flexibility index (Phi) is 7.84. The van der Waals surface area contributed by atoms with E-state index in [-0.39, 0.29) is 11.1 Å². The van der Waals surface area contributed by atoms with Gasteiger partial charge in [0.25, 0.3) is 5.69 Å². The molecule has 4 aromatic carbocycles. The van der Waals surface area contributed by atoms with E-state index in [1.54, 1.807) is 30.5 Å². The first-order chi connectivity index (χ1) is 19.8. The van der Waals surface area contributed by atoms with Crippen molar-refractivity contribution in [3.05, 3.63) is 111 Å². The number of nitro benzene ring substituents is 1. The number of hydrogen-bond donors (Lipinski definition) is 2. The van der Waals surface area contributed by atoms with E-state index >= 15 is 0 Å². The van der Waals surface area contributed by atoms with Gasteiger partial charge in [-0.05, 0) is 78.7 Å². The van der Waals surface area contributed by atoms with E-state index in [9.17, 15) is 29.9 Å². The second-order valence-electron chi connectivity index (χ2n) is 9.23. The van der Waals surface area contributed by atoms with Crippen LogP contribution < -0.4 is 4.74 Å². The Labute approximate surface area is 239 Å². The first kappa shape index (κ1) is 27.6. The van der Waals surface area contributed by atoms with E-state index < -0.39 is 44.8 Å². The average molecular weight is 569 g/mol. The molecule has 0 atom stereocenters. The van der Waals surface area contributed by atoms with Gasteiger partial charge in [-0.15, -0.1) is 0 Å². The summed E-state index contributed by atoms with van der Waals surface area (Å²) in [7, 11) is 0. The smallest absolute Gasteiger partial charge is 0.281 e. The summed E-state index contributed by atoms with van der Waals surface area (Å²) < 4.78 is 5.68. The predicted octanol–water partition coefficient (Wildman–Crippen LogP) is 6.86. The minimum absolute atomic E-state index is 0.118. The van der Waals surface area contributed by atoms with Crippen molar-refractivity contribution in [3.8, 4) is 17.2 Å². The molecule has 9 nitrogen and oxygen atoms in total. The predicted molar refractivity (Wildman–Crippen MR) is 154 cm³/mol. The molecule has 2 N–H and O–H groups in total. The molecular formula is C31H24N2O7S. The van der Waals surface area contributed by atoms with Crippen LogP contribution in [0, 0.1) is 10.1 Å². The molecule has 0 fully saturated rings. The number of phenols is 2. The zero-order valence-corrected chi connectivity index (χ0v) is 22.7. The molecule has 0 saturated carbocycles. The van der Waals surface area contributed by atoms with Crippen LogP contribution >= 0.6 is 11.8 Å². The highest BCUT2D eigenvalue weighted by atomic mass is 32.2. The molecule has 0 amide bonds. The standard InChI is InChI=1S/C31H24N2O7S/c1-2-3-16-40-20-8-4-18(5-9-20)17-32-19-6-10-21(11-7-19)41-25-15-14-24(35)28-29(25)31(37)27-23(34)13-12-22(33(38)39)26(27)30(28)36/h4-15,17,34-35H,2-3,16H2,1H3. The van der Waals surface area contributed by atoms with Crippen molar-refractivity contribution in [1.29, 1.82) is 0 Å². The van der Waals surface area contributed by atoms with Gasteiger partial charge in [-0.25, -0.2) is 0 Å². The third kappa shape index (κ3) is 5.55. The lowest BCUT2D eigenvalue weighted by molar-refractivity contribution is -0.385. The van der Waals surface area contributed by atoms with Gasteiger partial charge in [0.15, 0.2) is 5.78 Å². The van der Waals surface area contributed by atoms with Crippen molar-refractivity contribution in [3.63, 3.8) is 0 Å². The number of ketones is 2.